The predicted octanol–water partition coefficient (Wildman–Crippen LogP) is 1.07. The van der Waals surface area contributed by atoms with Gasteiger partial charge in [0.05, 0.1) is 5.52 Å². The number of pyridine rings is 1. The summed E-state index contributed by atoms with van der Waals surface area (Å²) in [4.78, 5) is 14.4. The lowest BCUT2D eigenvalue weighted by atomic mass is 10.3. The highest BCUT2D eigenvalue weighted by Crippen LogP contribution is 2.09. The van der Waals surface area contributed by atoms with Crippen LogP contribution in [0.15, 0.2) is 30.7 Å². The molecule has 2 rings (SSSR count). The SMILES string of the molecule is O=Cn1cc2cccnc2c1. The summed E-state index contributed by atoms with van der Waals surface area (Å²) in [6, 6.07) is 3.76. The Morgan fingerprint density at radius 3 is 3.09 bits per heavy atom. The summed E-state index contributed by atoms with van der Waals surface area (Å²) in [5, 5.41) is 0.986. The maximum Gasteiger partial charge on any atom is 0.217 e. The molecule has 0 amide bonds. The molecule has 0 aromatic carbocycles. The van der Waals surface area contributed by atoms with Gasteiger partial charge in [0.25, 0.3) is 0 Å². The van der Waals surface area contributed by atoms with Gasteiger partial charge < -0.3 is 0 Å². The van der Waals surface area contributed by atoms with Crippen LogP contribution in [0.2, 0.25) is 0 Å². The first-order valence-corrected chi connectivity index (χ1v) is 3.27. The Kier molecular flexibility index (Phi) is 1.22. The Labute approximate surface area is 63.3 Å². The van der Waals surface area contributed by atoms with Crippen LogP contribution in [0.1, 0.15) is 0 Å². The van der Waals surface area contributed by atoms with Crippen LogP contribution in [0.25, 0.3) is 10.9 Å². The van der Waals surface area contributed by atoms with Crippen molar-refractivity contribution in [1.82, 2.24) is 9.55 Å². The fraction of sp³-hybridized carbons (Fsp3) is 0. The molecular formula is C8H6N2O. The van der Waals surface area contributed by atoms with Gasteiger partial charge in [0.2, 0.25) is 6.41 Å². The largest absolute Gasteiger partial charge is 0.294 e. The van der Waals surface area contributed by atoms with Crippen molar-refractivity contribution in [2.24, 2.45) is 0 Å². The Hall–Kier alpha value is -1.64. The van der Waals surface area contributed by atoms with Gasteiger partial charge in [0.1, 0.15) is 0 Å². The van der Waals surface area contributed by atoms with Gasteiger partial charge in [-0.3, -0.25) is 14.3 Å². The van der Waals surface area contributed by atoms with E-state index in [4.69, 9.17) is 0 Å². The van der Waals surface area contributed by atoms with Crippen molar-refractivity contribution in [3.05, 3.63) is 30.7 Å². The lowest BCUT2D eigenvalue weighted by Gasteiger charge is -1.81. The van der Waals surface area contributed by atoms with Crippen LogP contribution in [0, 0.1) is 0 Å². The molecular weight excluding hydrogens is 140 g/mol. The van der Waals surface area contributed by atoms with Crippen molar-refractivity contribution in [2.75, 3.05) is 0 Å². The van der Waals surface area contributed by atoms with Crippen molar-refractivity contribution in [3.63, 3.8) is 0 Å². The van der Waals surface area contributed by atoms with Crippen molar-refractivity contribution >= 4 is 17.3 Å². The summed E-state index contributed by atoms with van der Waals surface area (Å²) in [7, 11) is 0. The lowest BCUT2D eigenvalue weighted by Crippen LogP contribution is -1.86. The second-order valence-electron chi connectivity index (χ2n) is 2.29. The van der Waals surface area contributed by atoms with Crippen LogP contribution in [-0.4, -0.2) is 16.0 Å². The van der Waals surface area contributed by atoms with E-state index in [1.54, 1.807) is 18.6 Å². The van der Waals surface area contributed by atoms with E-state index in [0.717, 1.165) is 17.3 Å². The molecule has 0 aliphatic heterocycles. The third-order valence-corrected chi connectivity index (χ3v) is 1.55. The monoisotopic (exact) mass is 146 g/mol. The number of carbonyl (C=O) groups is 1. The number of carbonyl (C=O) groups excluding carboxylic acids is 1. The molecule has 0 saturated carbocycles. The van der Waals surface area contributed by atoms with E-state index < -0.39 is 0 Å². The standard InChI is InChI=1S/C8H6N2O/c11-6-10-4-7-2-1-3-9-8(7)5-10/h1-6H. The molecule has 3 nitrogen and oxygen atoms in total. The Morgan fingerprint density at radius 2 is 2.36 bits per heavy atom. The van der Waals surface area contributed by atoms with Crippen LogP contribution in [0.5, 0.6) is 0 Å². The molecule has 2 heterocycles. The molecule has 0 saturated heterocycles. The summed E-state index contributed by atoms with van der Waals surface area (Å²) >= 11 is 0. The minimum atomic E-state index is 0.752. The first kappa shape index (κ1) is 6.09. The van der Waals surface area contributed by atoms with Gasteiger partial charge in [-0.2, -0.15) is 0 Å². The number of fused-ring (bicyclic) bond motifs is 1. The minimum absolute atomic E-state index is 0.752. The minimum Gasteiger partial charge on any atom is -0.294 e. The first-order valence-electron chi connectivity index (χ1n) is 3.27. The fourth-order valence-corrected chi connectivity index (χ4v) is 1.05. The molecule has 0 aliphatic carbocycles. The number of nitrogens with zero attached hydrogens (tertiary/aromatic N) is 2. The maximum absolute atomic E-state index is 10.3. The van der Waals surface area contributed by atoms with E-state index in [1.165, 1.54) is 4.57 Å². The van der Waals surface area contributed by atoms with Crippen LogP contribution in [0.4, 0.5) is 0 Å². The molecule has 2 aromatic heterocycles. The molecule has 0 fully saturated rings. The summed E-state index contributed by atoms with van der Waals surface area (Å²) in [5.41, 5.74) is 0.847. The number of rotatable bonds is 1. The van der Waals surface area contributed by atoms with Gasteiger partial charge in [-0.1, -0.05) is 0 Å². The summed E-state index contributed by atoms with van der Waals surface area (Å²) in [6.07, 6.45) is 5.90. The van der Waals surface area contributed by atoms with Crippen LogP contribution >= 0.6 is 0 Å². The first-order chi connectivity index (χ1) is 5.40. The normalized spacial score (nSPS) is 10.2. The van der Waals surface area contributed by atoms with Crippen molar-refractivity contribution < 1.29 is 4.79 Å². The highest BCUT2D eigenvalue weighted by atomic mass is 16.1. The smallest absolute Gasteiger partial charge is 0.217 e. The van der Waals surface area contributed by atoms with Crippen molar-refractivity contribution in [2.45, 2.75) is 0 Å². The maximum atomic E-state index is 10.3. The third kappa shape index (κ3) is 0.902. The van der Waals surface area contributed by atoms with Crippen molar-refractivity contribution in [1.29, 1.82) is 0 Å². The molecule has 0 aliphatic rings. The number of hydrogen-bond donors (Lipinski definition) is 0. The molecule has 0 N–H and O–H groups in total. The quantitative estimate of drug-likeness (QED) is 0.564. The molecule has 3 heteroatoms. The van der Waals surface area contributed by atoms with Gasteiger partial charge in [-0.05, 0) is 12.1 Å². The van der Waals surface area contributed by atoms with E-state index in [1.807, 2.05) is 12.1 Å². The summed E-state index contributed by atoms with van der Waals surface area (Å²) in [6.45, 7) is 0. The van der Waals surface area contributed by atoms with Gasteiger partial charge in [-0.15, -0.1) is 0 Å². The van der Waals surface area contributed by atoms with E-state index in [9.17, 15) is 4.79 Å². The Morgan fingerprint density at radius 1 is 1.45 bits per heavy atom. The highest BCUT2D eigenvalue weighted by Gasteiger charge is 1.95. The zero-order chi connectivity index (χ0) is 7.68. The molecule has 0 radical (unpaired) electrons. The van der Waals surface area contributed by atoms with Gasteiger partial charge >= 0.3 is 0 Å². The highest BCUT2D eigenvalue weighted by molar-refractivity contribution is 5.80. The second kappa shape index (κ2) is 2.20. The molecule has 0 bridgehead atoms. The molecule has 0 unspecified atom stereocenters. The van der Waals surface area contributed by atoms with E-state index >= 15 is 0 Å². The third-order valence-electron chi connectivity index (χ3n) is 1.55. The number of aromatic nitrogens is 2. The average molecular weight is 146 g/mol. The van der Waals surface area contributed by atoms with E-state index in [-0.39, 0.29) is 0 Å². The van der Waals surface area contributed by atoms with E-state index in [2.05, 4.69) is 4.98 Å². The average Bonchev–Trinajstić information content (AvgIpc) is 2.46. The molecule has 0 atom stereocenters. The van der Waals surface area contributed by atoms with Gasteiger partial charge in [0.15, 0.2) is 0 Å². The lowest BCUT2D eigenvalue weighted by molar-refractivity contribution is 0.547. The van der Waals surface area contributed by atoms with Gasteiger partial charge in [-0.25, -0.2) is 0 Å². The zero-order valence-corrected chi connectivity index (χ0v) is 5.77. The topological polar surface area (TPSA) is 34.9 Å². The molecule has 11 heavy (non-hydrogen) atoms. The van der Waals surface area contributed by atoms with Crippen LogP contribution in [0.3, 0.4) is 0 Å². The fourth-order valence-electron chi connectivity index (χ4n) is 1.05. The number of hydrogen-bond acceptors (Lipinski definition) is 2. The zero-order valence-electron chi connectivity index (χ0n) is 5.77. The van der Waals surface area contributed by atoms with Crippen LogP contribution < -0.4 is 0 Å². The van der Waals surface area contributed by atoms with Crippen LogP contribution in [-0.2, 0) is 4.79 Å². The molecule has 54 valence electrons. The summed E-state index contributed by atoms with van der Waals surface area (Å²) < 4.78 is 1.46. The molecule has 2 aromatic rings. The predicted molar refractivity (Wildman–Crippen MR) is 41.9 cm³/mol. The summed E-state index contributed by atoms with van der Waals surface area (Å²) in [5.74, 6) is 0. The molecule has 0 spiro atoms. The Balaban J connectivity index is 2.78. The van der Waals surface area contributed by atoms with E-state index in [0.29, 0.717) is 0 Å². The van der Waals surface area contributed by atoms with Gasteiger partial charge in [0, 0.05) is 24.0 Å². The Bertz CT molecular complexity index is 359. The second-order valence-corrected chi connectivity index (χ2v) is 2.29. The van der Waals surface area contributed by atoms with Crippen molar-refractivity contribution in [3.8, 4) is 0 Å².